The number of benzene rings is 1. The van der Waals surface area contributed by atoms with Crippen LogP contribution in [0.1, 0.15) is 49.0 Å². The molecule has 0 heterocycles. The van der Waals surface area contributed by atoms with Gasteiger partial charge in [-0.05, 0) is 50.2 Å². The van der Waals surface area contributed by atoms with Crippen molar-refractivity contribution in [2.24, 2.45) is 11.8 Å². The lowest BCUT2D eigenvalue weighted by Crippen LogP contribution is -2.31. The normalized spacial score (nSPS) is 23.9. The third-order valence-electron chi connectivity index (χ3n) is 4.07. The number of hydrogen-bond donors (Lipinski definition) is 0. The van der Waals surface area contributed by atoms with E-state index in [9.17, 15) is 9.59 Å². The van der Waals surface area contributed by atoms with Gasteiger partial charge in [-0.2, -0.15) is 0 Å². The van der Waals surface area contributed by atoms with Crippen molar-refractivity contribution in [2.75, 3.05) is 0 Å². The summed E-state index contributed by atoms with van der Waals surface area (Å²) in [6.07, 6.45) is 1.59. The topological polar surface area (TPSA) is 71.1 Å². The maximum atomic E-state index is 11.7. The van der Waals surface area contributed by atoms with Gasteiger partial charge in [0.05, 0.1) is 10.6 Å². The molecule has 6 heteroatoms. The first-order valence-corrected chi connectivity index (χ1v) is 7.78. The number of hydrogen-bond acceptors (Lipinski definition) is 6. The number of ether oxygens (including phenoxy) is 1. The van der Waals surface area contributed by atoms with Crippen LogP contribution in [0, 0.1) is 18.8 Å². The van der Waals surface area contributed by atoms with Crippen molar-refractivity contribution in [2.45, 2.75) is 46.1 Å². The van der Waals surface area contributed by atoms with E-state index < -0.39 is 12.1 Å². The first-order chi connectivity index (χ1) is 11.0. The van der Waals surface area contributed by atoms with Crippen LogP contribution < -0.4 is 0 Å². The molecule has 0 N–H and O–H groups in total. The Labute approximate surface area is 135 Å². The van der Waals surface area contributed by atoms with E-state index in [1.807, 2.05) is 19.9 Å². The fourth-order valence-electron chi connectivity index (χ4n) is 2.85. The third kappa shape index (κ3) is 5.25. The maximum Gasteiger partial charge on any atom is 0.543 e. The molecule has 1 aliphatic rings. The summed E-state index contributed by atoms with van der Waals surface area (Å²) in [5.41, 5.74) is 1.21. The van der Waals surface area contributed by atoms with E-state index in [-0.39, 0.29) is 12.0 Å². The Morgan fingerprint density at radius 3 is 2.61 bits per heavy atom. The Bertz CT molecular complexity index is 556. The van der Waals surface area contributed by atoms with Crippen molar-refractivity contribution in [3.63, 3.8) is 0 Å². The van der Waals surface area contributed by atoms with Crippen molar-refractivity contribution in [1.82, 2.24) is 0 Å². The molecule has 23 heavy (non-hydrogen) atoms. The molecule has 0 spiro atoms. The van der Waals surface area contributed by atoms with Crippen LogP contribution in [0.2, 0.25) is 0 Å². The van der Waals surface area contributed by atoms with Gasteiger partial charge in [0, 0.05) is 0 Å². The highest BCUT2D eigenvalue weighted by Crippen LogP contribution is 2.30. The van der Waals surface area contributed by atoms with Gasteiger partial charge < -0.3 is 4.74 Å². The van der Waals surface area contributed by atoms with Gasteiger partial charge in [-0.15, -0.1) is 0 Å². The van der Waals surface area contributed by atoms with E-state index in [0.717, 1.165) is 24.8 Å². The fraction of sp³-hybridized carbons (Fsp3) is 0.529. The predicted molar refractivity (Wildman–Crippen MR) is 81.2 cm³/mol. The average Bonchev–Trinajstić information content (AvgIpc) is 2.50. The van der Waals surface area contributed by atoms with Crippen LogP contribution in [0.3, 0.4) is 0 Å². The zero-order chi connectivity index (χ0) is 16.8. The van der Waals surface area contributed by atoms with Gasteiger partial charge in [0.1, 0.15) is 6.10 Å². The van der Waals surface area contributed by atoms with Crippen molar-refractivity contribution >= 4 is 12.1 Å². The number of carbonyl (C=O) groups excluding carboxylic acids is 2. The van der Waals surface area contributed by atoms with Crippen LogP contribution in [0.5, 0.6) is 0 Å². The van der Waals surface area contributed by atoms with Gasteiger partial charge in [-0.25, -0.2) is 14.5 Å². The van der Waals surface area contributed by atoms with Crippen molar-refractivity contribution in [1.29, 1.82) is 0 Å². The molecule has 1 aromatic carbocycles. The second-order valence-corrected chi connectivity index (χ2v) is 6.19. The molecule has 3 unspecified atom stereocenters. The van der Waals surface area contributed by atoms with E-state index in [0.29, 0.717) is 11.5 Å². The van der Waals surface area contributed by atoms with Crippen LogP contribution in [0.4, 0.5) is 4.79 Å². The fourth-order valence-corrected chi connectivity index (χ4v) is 2.85. The molecule has 0 bridgehead atoms. The Hall–Kier alpha value is -2.08. The molecule has 1 fully saturated rings. The molecule has 6 nitrogen and oxygen atoms in total. The number of rotatable bonds is 4. The summed E-state index contributed by atoms with van der Waals surface area (Å²) in [5, 5.41) is 4.23. The molecule has 0 aromatic heterocycles. The molecule has 0 amide bonds. The first-order valence-electron chi connectivity index (χ1n) is 7.78. The van der Waals surface area contributed by atoms with Crippen LogP contribution >= 0.6 is 0 Å². The molecule has 3 atom stereocenters. The molecule has 1 saturated carbocycles. The van der Waals surface area contributed by atoms with E-state index >= 15 is 0 Å². The summed E-state index contributed by atoms with van der Waals surface area (Å²) in [6, 6.07) is 6.76. The molecule has 1 aromatic rings. The SMILES string of the molecule is Cc1cccc(C(=O)OOOC(=O)OC2CCC(C)CC2C)c1. The summed E-state index contributed by atoms with van der Waals surface area (Å²) >= 11 is 0. The Balaban J connectivity index is 1.71. The molecular weight excluding hydrogens is 300 g/mol. The second kappa shape index (κ2) is 7.97. The number of carbonyl (C=O) groups is 2. The largest absolute Gasteiger partial charge is 0.543 e. The monoisotopic (exact) mass is 322 g/mol. The van der Waals surface area contributed by atoms with Crippen LogP contribution in [0.15, 0.2) is 24.3 Å². The quantitative estimate of drug-likeness (QED) is 0.474. The minimum atomic E-state index is -1.01. The zero-order valence-corrected chi connectivity index (χ0v) is 13.6. The molecule has 0 radical (unpaired) electrons. The summed E-state index contributed by atoms with van der Waals surface area (Å²) in [6.45, 7) is 6.06. The van der Waals surface area contributed by atoms with E-state index in [4.69, 9.17) is 4.74 Å². The van der Waals surface area contributed by atoms with Crippen LogP contribution in [-0.4, -0.2) is 18.2 Å². The average molecular weight is 322 g/mol. The molecule has 2 rings (SSSR count). The van der Waals surface area contributed by atoms with Crippen molar-refractivity contribution in [3.05, 3.63) is 35.4 Å². The number of aryl methyl sites for hydroxylation is 1. The first kappa shape index (κ1) is 17.3. The van der Waals surface area contributed by atoms with Crippen molar-refractivity contribution < 1.29 is 29.1 Å². The maximum absolute atomic E-state index is 11.7. The van der Waals surface area contributed by atoms with Crippen LogP contribution in [-0.2, 0) is 19.6 Å². The van der Waals surface area contributed by atoms with Gasteiger partial charge in [0.25, 0.3) is 0 Å². The summed E-state index contributed by atoms with van der Waals surface area (Å²) in [7, 11) is 0. The van der Waals surface area contributed by atoms with Gasteiger partial charge in [-0.3, -0.25) is 4.89 Å². The second-order valence-electron chi connectivity index (χ2n) is 6.19. The van der Waals surface area contributed by atoms with E-state index in [1.54, 1.807) is 18.2 Å². The Morgan fingerprint density at radius 2 is 1.91 bits per heavy atom. The zero-order valence-electron chi connectivity index (χ0n) is 13.6. The van der Waals surface area contributed by atoms with E-state index in [1.165, 1.54) is 0 Å². The van der Waals surface area contributed by atoms with Crippen molar-refractivity contribution in [3.8, 4) is 0 Å². The summed E-state index contributed by atoms with van der Waals surface area (Å²) < 4.78 is 5.18. The minimum Gasteiger partial charge on any atom is -0.429 e. The Kier molecular flexibility index (Phi) is 5.98. The highest BCUT2D eigenvalue weighted by Gasteiger charge is 2.29. The summed E-state index contributed by atoms with van der Waals surface area (Å²) in [4.78, 5) is 32.0. The lowest BCUT2D eigenvalue weighted by molar-refractivity contribution is -0.453. The molecule has 1 aliphatic carbocycles. The molecule has 0 saturated heterocycles. The lowest BCUT2D eigenvalue weighted by Gasteiger charge is -2.31. The molecule has 0 aliphatic heterocycles. The minimum absolute atomic E-state index is 0.199. The molecule has 126 valence electrons. The molecular formula is C17H22O6. The standard InChI is InChI=1S/C17H22O6/c1-11-5-4-6-14(10-11)16(18)21-23-22-17(19)20-15-8-7-12(2)9-13(15)3/h4-6,10,12-13,15H,7-9H2,1-3H3. The highest BCUT2D eigenvalue weighted by atomic mass is 17.5. The summed E-state index contributed by atoms with van der Waals surface area (Å²) in [5.74, 6) is 0.148. The van der Waals surface area contributed by atoms with Gasteiger partial charge >= 0.3 is 12.1 Å². The smallest absolute Gasteiger partial charge is 0.429 e. The predicted octanol–water partition coefficient (Wildman–Crippen LogP) is 3.98. The lowest BCUT2D eigenvalue weighted by atomic mass is 9.81. The van der Waals surface area contributed by atoms with Gasteiger partial charge in [0.15, 0.2) is 0 Å². The van der Waals surface area contributed by atoms with E-state index in [2.05, 4.69) is 21.7 Å². The highest BCUT2D eigenvalue weighted by molar-refractivity contribution is 5.89. The van der Waals surface area contributed by atoms with Gasteiger partial charge in [0.2, 0.25) is 0 Å². The van der Waals surface area contributed by atoms with Crippen LogP contribution in [0.25, 0.3) is 0 Å². The Morgan fingerprint density at radius 1 is 1.13 bits per heavy atom. The third-order valence-corrected chi connectivity index (χ3v) is 4.07. The van der Waals surface area contributed by atoms with Gasteiger partial charge in [-0.1, -0.05) is 31.5 Å².